The summed E-state index contributed by atoms with van der Waals surface area (Å²) in [6, 6.07) is 8.83. The van der Waals surface area contributed by atoms with E-state index in [2.05, 4.69) is 20.8 Å². The first-order valence-electron chi connectivity index (χ1n) is 8.45. The molecular formula is C18H13ClFN5O5. The number of nitrogens with one attached hydrogen (secondary N) is 2. The highest BCUT2D eigenvalue weighted by Gasteiger charge is 2.17. The standard InChI is InChI=1S/C18H13ClFN5O5/c19-14-6-5-12(25(28)29)9-13(14)16(26)21-7-8-22-17(27)18-23-15(24-30-18)10-1-3-11(20)4-2-10/h1-6,9H,7-8H2,(H,21,26)(H,22,27). The van der Waals surface area contributed by atoms with E-state index in [-0.39, 0.29) is 41.1 Å². The molecule has 0 radical (unpaired) electrons. The molecule has 0 spiro atoms. The number of non-ortho nitro benzene ring substituents is 1. The van der Waals surface area contributed by atoms with Crippen LogP contribution in [-0.2, 0) is 0 Å². The van der Waals surface area contributed by atoms with Crippen LogP contribution in [0.1, 0.15) is 21.0 Å². The molecule has 0 aliphatic heterocycles. The van der Waals surface area contributed by atoms with E-state index in [1.165, 1.54) is 36.4 Å². The summed E-state index contributed by atoms with van der Waals surface area (Å²) < 4.78 is 17.8. The molecule has 10 nitrogen and oxygen atoms in total. The van der Waals surface area contributed by atoms with E-state index in [9.17, 15) is 24.1 Å². The number of carbonyl (C=O) groups is 2. The third-order valence-electron chi connectivity index (χ3n) is 3.82. The van der Waals surface area contributed by atoms with Crippen LogP contribution in [-0.4, -0.2) is 40.0 Å². The summed E-state index contributed by atoms with van der Waals surface area (Å²) in [5.74, 6) is -1.90. The van der Waals surface area contributed by atoms with Gasteiger partial charge in [0.2, 0.25) is 5.82 Å². The Bertz CT molecular complexity index is 1100. The summed E-state index contributed by atoms with van der Waals surface area (Å²) in [6.07, 6.45) is 0. The highest BCUT2D eigenvalue weighted by atomic mass is 35.5. The molecule has 0 saturated carbocycles. The Hall–Kier alpha value is -3.86. The first-order chi connectivity index (χ1) is 14.3. The molecule has 0 unspecified atom stereocenters. The number of aromatic nitrogens is 2. The van der Waals surface area contributed by atoms with Gasteiger partial charge in [-0.3, -0.25) is 19.7 Å². The minimum Gasteiger partial charge on any atom is -0.350 e. The Morgan fingerprint density at radius 3 is 2.43 bits per heavy atom. The van der Waals surface area contributed by atoms with Gasteiger partial charge < -0.3 is 15.2 Å². The van der Waals surface area contributed by atoms with Crippen molar-refractivity contribution in [3.63, 3.8) is 0 Å². The molecular weight excluding hydrogens is 421 g/mol. The lowest BCUT2D eigenvalue weighted by atomic mass is 10.2. The first kappa shape index (κ1) is 20.9. The highest BCUT2D eigenvalue weighted by Crippen LogP contribution is 2.21. The van der Waals surface area contributed by atoms with E-state index in [4.69, 9.17) is 16.1 Å². The van der Waals surface area contributed by atoms with E-state index in [0.717, 1.165) is 6.07 Å². The van der Waals surface area contributed by atoms with Crippen molar-refractivity contribution >= 4 is 29.1 Å². The zero-order chi connectivity index (χ0) is 21.7. The number of hydrogen-bond donors (Lipinski definition) is 2. The number of benzene rings is 2. The van der Waals surface area contributed by atoms with E-state index in [1.54, 1.807) is 0 Å². The zero-order valence-electron chi connectivity index (χ0n) is 15.1. The fraction of sp³-hybridized carbons (Fsp3) is 0.111. The lowest BCUT2D eigenvalue weighted by molar-refractivity contribution is -0.384. The van der Waals surface area contributed by atoms with E-state index < -0.39 is 22.6 Å². The Morgan fingerprint density at radius 1 is 1.10 bits per heavy atom. The van der Waals surface area contributed by atoms with Crippen molar-refractivity contribution in [2.75, 3.05) is 13.1 Å². The van der Waals surface area contributed by atoms with Gasteiger partial charge in [-0.25, -0.2) is 4.39 Å². The monoisotopic (exact) mass is 433 g/mol. The molecule has 2 N–H and O–H groups in total. The summed E-state index contributed by atoms with van der Waals surface area (Å²) in [5.41, 5.74) is 0.143. The molecule has 0 atom stereocenters. The van der Waals surface area contributed by atoms with Crippen molar-refractivity contribution < 1.29 is 23.4 Å². The topological polar surface area (TPSA) is 140 Å². The number of nitro benzene ring substituents is 1. The summed E-state index contributed by atoms with van der Waals surface area (Å²) in [5, 5.41) is 19.5. The normalized spacial score (nSPS) is 10.5. The van der Waals surface area contributed by atoms with Crippen LogP contribution in [0.15, 0.2) is 47.0 Å². The molecule has 3 rings (SSSR count). The molecule has 30 heavy (non-hydrogen) atoms. The summed E-state index contributed by atoms with van der Waals surface area (Å²) >= 11 is 5.90. The second kappa shape index (κ2) is 9.09. The van der Waals surface area contributed by atoms with Crippen LogP contribution >= 0.6 is 11.6 Å². The second-order valence-corrected chi connectivity index (χ2v) is 6.27. The number of nitro groups is 1. The van der Waals surface area contributed by atoms with E-state index >= 15 is 0 Å². The molecule has 12 heteroatoms. The molecule has 0 aliphatic rings. The molecule has 0 bridgehead atoms. The molecule has 0 aliphatic carbocycles. The van der Waals surface area contributed by atoms with Gasteiger partial charge in [-0.2, -0.15) is 4.98 Å². The van der Waals surface area contributed by atoms with Crippen LogP contribution in [0.2, 0.25) is 5.02 Å². The third-order valence-corrected chi connectivity index (χ3v) is 4.15. The number of carbonyl (C=O) groups excluding carboxylic acids is 2. The van der Waals surface area contributed by atoms with Crippen LogP contribution < -0.4 is 10.6 Å². The SMILES string of the molecule is O=C(NCCNC(=O)c1cc([N+](=O)[O-])ccc1Cl)c1nc(-c2ccc(F)cc2)no1. The quantitative estimate of drug-likeness (QED) is 0.331. The van der Waals surface area contributed by atoms with Gasteiger partial charge in [0.25, 0.3) is 11.6 Å². The Balaban J connectivity index is 1.52. The van der Waals surface area contributed by atoms with Crippen molar-refractivity contribution in [3.8, 4) is 11.4 Å². The van der Waals surface area contributed by atoms with Gasteiger partial charge in [-0.05, 0) is 30.3 Å². The minimum absolute atomic E-state index is 0.0164. The van der Waals surface area contributed by atoms with Crippen LogP contribution in [0.4, 0.5) is 10.1 Å². The van der Waals surface area contributed by atoms with Crippen molar-refractivity contribution in [3.05, 3.63) is 74.9 Å². The Morgan fingerprint density at radius 2 is 1.77 bits per heavy atom. The fourth-order valence-corrected chi connectivity index (χ4v) is 2.56. The maximum atomic E-state index is 13.0. The van der Waals surface area contributed by atoms with Gasteiger partial charge in [-0.15, -0.1) is 0 Å². The fourth-order valence-electron chi connectivity index (χ4n) is 2.36. The predicted molar refractivity (Wildman–Crippen MR) is 102 cm³/mol. The van der Waals surface area contributed by atoms with Crippen molar-refractivity contribution in [1.82, 2.24) is 20.8 Å². The molecule has 2 amide bonds. The van der Waals surface area contributed by atoms with Crippen LogP contribution in [0, 0.1) is 15.9 Å². The molecule has 1 aromatic heterocycles. The van der Waals surface area contributed by atoms with Gasteiger partial charge in [0.1, 0.15) is 5.82 Å². The van der Waals surface area contributed by atoms with Crippen molar-refractivity contribution in [2.24, 2.45) is 0 Å². The van der Waals surface area contributed by atoms with Crippen molar-refractivity contribution in [1.29, 1.82) is 0 Å². The number of rotatable bonds is 7. The third kappa shape index (κ3) is 4.94. The molecule has 2 aromatic carbocycles. The largest absolute Gasteiger partial charge is 0.350 e. The van der Waals surface area contributed by atoms with E-state index in [1.807, 2.05) is 0 Å². The minimum atomic E-state index is -0.668. The average Bonchev–Trinajstić information content (AvgIpc) is 3.22. The van der Waals surface area contributed by atoms with Crippen molar-refractivity contribution in [2.45, 2.75) is 0 Å². The van der Waals surface area contributed by atoms with E-state index in [0.29, 0.717) is 5.56 Å². The summed E-state index contributed by atoms with van der Waals surface area (Å²) in [7, 11) is 0. The molecule has 0 fully saturated rings. The van der Waals surface area contributed by atoms with Crippen LogP contribution in [0.3, 0.4) is 0 Å². The number of nitrogens with zero attached hydrogens (tertiary/aromatic N) is 3. The Kier molecular flexibility index (Phi) is 6.32. The molecule has 154 valence electrons. The average molecular weight is 434 g/mol. The lowest BCUT2D eigenvalue weighted by Crippen LogP contribution is -2.35. The van der Waals surface area contributed by atoms with Gasteiger partial charge in [0.15, 0.2) is 0 Å². The highest BCUT2D eigenvalue weighted by molar-refractivity contribution is 6.33. The smallest absolute Gasteiger partial charge is 0.316 e. The molecule has 3 aromatic rings. The number of halogens is 2. The number of hydrogen-bond acceptors (Lipinski definition) is 7. The lowest BCUT2D eigenvalue weighted by Gasteiger charge is -2.07. The van der Waals surface area contributed by atoms with Gasteiger partial charge in [0.05, 0.1) is 15.5 Å². The van der Waals surface area contributed by atoms with Gasteiger partial charge >= 0.3 is 11.8 Å². The zero-order valence-corrected chi connectivity index (χ0v) is 15.9. The van der Waals surface area contributed by atoms with Crippen LogP contribution in [0.25, 0.3) is 11.4 Å². The molecule has 1 heterocycles. The van der Waals surface area contributed by atoms with Gasteiger partial charge in [0, 0.05) is 30.8 Å². The Labute approximate surface area is 173 Å². The predicted octanol–water partition coefficient (Wildman–Crippen LogP) is 2.60. The summed E-state index contributed by atoms with van der Waals surface area (Å²) in [4.78, 5) is 38.3. The molecule has 0 saturated heterocycles. The van der Waals surface area contributed by atoms with Crippen LogP contribution in [0.5, 0.6) is 0 Å². The van der Waals surface area contributed by atoms with Gasteiger partial charge in [-0.1, -0.05) is 16.8 Å². The number of amides is 2. The second-order valence-electron chi connectivity index (χ2n) is 5.86. The first-order valence-corrected chi connectivity index (χ1v) is 8.83. The summed E-state index contributed by atoms with van der Waals surface area (Å²) in [6.45, 7) is 0.0356. The maximum Gasteiger partial charge on any atom is 0.316 e. The maximum absolute atomic E-state index is 13.0.